The summed E-state index contributed by atoms with van der Waals surface area (Å²) in [5.41, 5.74) is 4.59. The van der Waals surface area contributed by atoms with Crippen molar-refractivity contribution in [3.63, 3.8) is 0 Å². The van der Waals surface area contributed by atoms with Crippen LogP contribution in [-0.2, 0) is 31.4 Å². The van der Waals surface area contributed by atoms with Gasteiger partial charge in [-0.1, -0.05) is 66.7 Å². The van der Waals surface area contributed by atoms with Crippen LogP contribution in [0.25, 0.3) is 0 Å². The van der Waals surface area contributed by atoms with Crippen molar-refractivity contribution in [1.82, 2.24) is 18.9 Å². The van der Waals surface area contributed by atoms with E-state index in [9.17, 15) is 21.6 Å². The minimum absolute atomic E-state index is 0.0364. The van der Waals surface area contributed by atoms with Gasteiger partial charge in [0.05, 0.1) is 9.79 Å². The normalized spacial score (nSPS) is 19.5. The molecule has 0 aromatic heterocycles. The Morgan fingerprint density at radius 2 is 1.27 bits per heavy atom. The standard InChI is InChI=1S/C29H33N5O5S2/c35-29(31-30-25-16-18-32(19-17-25)22-24-10-4-1-5-11-24)28-23-33(40(36,37)26-12-6-2-7-13-26)20-21-34(28)41(38,39)27-14-8-3-9-15-27/h1-15,28H,16-23H2,(H,31,35)/t28-/m0/s1. The van der Waals surface area contributed by atoms with Crippen LogP contribution in [0.1, 0.15) is 18.4 Å². The number of amides is 1. The number of piperidine rings is 1. The Hall–Kier alpha value is -3.42. The second-order valence-corrected chi connectivity index (χ2v) is 13.9. The molecule has 1 N–H and O–H groups in total. The minimum Gasteiger partial charge on any atom is -0.298 e. The van der Waals surface area contributed by atoms with Gasteiger partial charge in [0, 0.05) is 57.8 Å². The van der Waals surface area contributed by atoms with Crippen molar-refractivity contribution >= 4 is 31.7 Å². The van der Waals surface area contributed by atoms with Crippen LogP contribution >= 0.6 is 0 Å². The lowest BCUT2D eigenvalue weighted by atomic mass is 10.1. The summed E-state index contributed by atoms with van der Waals surface area (Å²) in [5.74, 6) is -0.670. The maximum absolute atomic E-state index is 13.6. The van der Waals surface area contributed by atoms with Gasteiger partial charge in [0.2, 0.25) is 20.0 Å². The summed E-state index contributed by atoms with van der Waals surface area (Å²) < 4.78 is 56.0. The van der Waals surface area contributed by atoms with Crippen molar-refractivity contribution in [3.8, 4) is 0 Å². The maximum atomic E-state index is 13.6. The molecule has 5 rings (SSSR count). The van der Waals surface area contributed by atoms with Crippen LogP contribution < -0.4 is 5.43 Å². The summed E-state index contributed by atoms with van der Waals surface area (Å²) in [4.78, 5) is 15.9. The van der Waals surface area contributed by atoms with E-state index < -0.39 is 32.0 Å². The zero-order valence-corrected chi connectivity index (χ0v) is 24.2. The highest BCUT2D eigenvalue weighted by molar-refractivity contribution is 7.89. The third kappa shape index (κ3) is 6.74. The summed E-state index contributed by atoms with van der Waals surface area (Å²) in [6.45, 7) is 1.81. The Morgan fingerprint density at radius 3 is 1.85 bits per heavy atom. The van der Waals surface area contributed by atoms with Crippen molar-refractivity contribution in [2.75, 3.05) is 32.7 Å². The fourth-order valence-electron chi connectivity index (χ4n) is 5.06. The molecule has 2 heterocycles. The van der Waals surface area contributed by atoms with Gasteiger partial charge in [-0.2, -0.15) is 13.7 Å². The number of sulfonamides is 2. The molecule has 0 aliphatic carbocycles. The van der Waals surface area contributed by atoms with Gasteiger partial charge in [0.1, 0.15) is 6.04 Å². The second kappa shape index (κ2) is 12.6. The molecule has 0 bridgehead atoms. The van der Waals surface area contributed by atoms with Gasteiger partial charge in [-0.15, -0.1) is 0 Å². The number of hydrogen-bond acceptors (Lipinski definition) is 7. The molecule has 2 aliphatic rings. The summed E-state index contributed by atoms with van der Waals surface area (Å²) in [6.07, 6.45) is 1.33. The van der Waals surface area contributed by atoms with Crippen LogP contribution in [0.5, 0.6) is 0 Å². The Labute approximate surface area is 241 Å². The molecule has 1 amide bonds. The van der Waals surface area contributed by atoms with E-state index in [0.29, 0.717) is 12.8 Å². The third-order valence-corrected chi connectivity index (χ3v) is 11.1. The first-order valence-electron chi connectivity index (χ1n) is 13.5. The highest BCUT2D eigenvalue weighted by Crippen LogP contribution is 2.25. The molecule has 12 heteroatoms. The Kier molecular flexibility index (Phi) is 8.95. The third-order valence-electron chi connectivity index (χ3n) is 7.33. The van der Waals surface area contributed by atoms with E-state index in [1.165, 1.54) is 34.1 Å². The molecule has 1 atom stereocenters. The van der Waals surface area contributed by atoms with Crippen LogP contribution in [0, 0.1) is 0 Å². The smallest absolute Gasteiger partial charge is 0.259 e. The fourth-order valence-corrected chi connectivity index (χ4v) is 8.11. The van der Waals surface area contributed by atoms with E-state index in [4.69, 9.17) is 0 Å². The molecule has 10 nitrogen and oxygen atoms in total. The number of likely N-dealkylation sites (tertiary alicyclic amines) is 1. The average molecular weight is 596 g/mol. The lowest BCUT2D eigenvalue weighted by Crippen LogP contribution is -2.60. The van der Waals surface area contributed by atoms with E-state index >= 15 is 0 Å². The van der Waals surface area contributed by atoms with Crippen LogP contribution in [-0.4, -0.2) is 80.7 Å². The van der Waals surface area contributed by atoms with E-state index in [-0.39, 0.29) is 29.4 Å². The van der Waals surface area contributed by atoms with Crippen LogP contribution in [0.2, 0.25) is 0 Å². The molecule has 0 spiro atoms. The predicted octanol–water partition coefficient (Wildman–Crippen LogP) is 2.52. The Morgan fingerprint density at radius 1 is 0.732 bits per heavy atom. The van der Waals surface area contributed by atoms with Crippen LogP contribution in [0.15, 0.2) is 106 Å². The van der Waals surface area contributed by atoms with Crippen molar-refractivity contribution in [3.05, 3.63) is 96.6 Å². The molecule has 3 aromatic rings. The number of nitrogens with one attached hydrogen (secondary N) is 1. The maximum Gasteiger partial charge on any atom is 0.259 e. The number of hydrazone groups is 1. The van der Waals surface area contributed by atoms with Crippen molar-refractivity contribution < 1.29 is 21.6 Å². The van der Waals surface area contributed by atoms with Crippen molar-refractivity contribution in [2.45, 2.75) is 35.2 Å². The minimum atomic E-state index is -4.07. The molecule has 0 radical (unpaired) electrons. The molecular weight excluding hydrogens is 562 g/mol. The highest BCUT2D eigenvalue weighted by atomic mass is 32.2. The first kappa shape index (κ1) is 29.1. The van der Waals surface area contributed by atoms with E-state index in [1.807, 2.05) is 18.2 Å². The van der Waals surface area contributed by atoms with Gasteiger partial charge < -0.3 is 0 Å². The lowest BCUT2D eigenvalue weighted by molar-refractivity contribution is -0.125. The molecule has 0 unspecified atom stereocenters. The summed E-state index contributed by atoms with van der Waals surface area (Å²) in [5, 5.41) is 4.34. The van der Waals surface area contributed by atoms with E-state index in [0.717, 1.165) is 29.7 Å². The van der Waals surface area contributed by atoms with Gasteiger partial charge in [-0.3, -0.25) is 9.69 Å². The number of rotatable bonds is 8. The van der Waals surface area contributed by atoms with Gasteiger partial charge in [-0.25, -0.2) is 22.3 Å². The molecular formula is C29H33N5O5S2. The van der Waals surface area contributed by atoms with Crippen molar-refractivity contribution in [2.24, 2.45) is 5.10 Å². The highest BCUT2D eigenvalue weighted by Gasteiger charge is 2.43. The number of nitrogens with zero attached hydrogens (tertiary/aromatic N) is 4. The molecule has 0 saturated carbocycles. The Balaban J connectivity index is 1.32. The summed E-state index contributed by atoms with van der Waals surface area (Å²) in [7, 11) is -8.01. The number of benzene rings is 3. The predicted molar refractivity (Wildman–Crippen MR) is 156 cm³/mol. The average Bonchev–Trinajstić information content (AvgIpc) is 3.01. The zero-order valence-electron chi connectivity index (χ0n) is 22.5. The monoisotopic (exact) mass is 595 g/mol. The van der Waals surface area contributed by atoms with Gasteiger partial charge in [0.15, 0.2) is 0 Å². The zero-order chi connectivity index (χ0) is 28.9. The first-order chi connectivity index (χ1) is 19.7. The topological polar surface area (TPSA) is 119 Å². The molecule has 2 fully saturated rings. The number of carbonyl (C=O) groups is 1. The second-order valence-electron chi connectivity index (χ2n) is 10.0. The largest absolute Gasteiger partial charge is 0.298 e. The molecule has 3 aromatic carbocycles. The Bertz CT molecular complexity index is 1570. The number of carbonyl (C=O) groups excluding carboxylic acids is 1. The first-order valence-corrected chi connectivity index (χ1v) is 16.4. The quantitative estimate of drug-likeness (QED) is 0.400. The molecule has 41 heavy (non-hydrogen) atoms. The molecule has 2 saturated heterocycles. The van der Waals surface area contributed by atoms with Gasteiger partial charge >= 0.3 is 0 Å². The van der Waals surface area contributed by atoms with E-state index in [2.05, 4.69) is 27.6 Å². The summed E-state index contributed by atoms with van der Waals surface area (Å²) >= 11 is 0. The molecule has 216 valence electrons. The van der Waals surface area contributed by atoms with Crippen molar-refractivity contribution in [1.29, 1.82) is 0 Å². The molecule has 2 aliphatic heterocycles. The number of hydrogen-bond donors (Lipinski definition) is 1. The van der Waals surface area contributed by atoms with Crippen LogP contribution in [0.4, 0.5) is 0 Å². The van der Waals surface area contributed by atoms with E-state index in [1.54, 1.807) is 36.4 Å². The summed E-state index contributed by atoms with van der Waals surface area (Å²) in [6, 6.07) is 24.6. The number of piperazine rings is 1. The fraction of sp³-hybridized carbons (Fsp3) is 0.310. The van der Waals surface area contributed by atoms with Crippen LogP contribution in [0.3, 0.4) is 0 Å². The SMILES string of the molecule is O=C(NN=C1CCN(Cc2ccccc2)CC1)[C@@H]1CN(S(=O)(=O)c2ccccc2)CCN1S(=O)(=O)c1ccccc1. The van der Waals surface area contributed by atoms with Gasteiger partial charge in [0.25, 0.3) is 5.91 Å². The lowest BCUT2D eigenvalue weighted by Gasteiger charge is -2.38. The van der Waals surface area contributed by atoms with Gasteiger partial charge in [-0.05, 0) is 29.8 Å².